The van der Waals surface area contributed by atoms with Gasteiger partial charge in [0.1, 0.15) is 0 Å². The lowest BCUT2D eigenvalue weighted by Gasteiger charge is -2.15. The van der Waals surface area contributed by atoms with Crippen molar-refractivity contribution in [2.45, 2.75) is 38.0 Å². The number of rotatable bonds is 5. The molecule has 4 rings (SSSR count). The number of aromatic amines is 1. The second-order valence-electron chi connectivity index (χ2n) is 7.76. The molecule has 8 heteroatoms. The van der Waals surface area contributed by atoms with Crippen LogP contribution in [0, 0.1) is 6.92 Å². The lowest BCUT2D eigenvalue weighted by molar-refractivity contribution is 0.102. The largest absolute Gasteiger partial charge is 0.322 e. The first-order valence-corrected chi connectivity index (χ1v) is 11.8. The maximum absolute atomic E-state index is 12.7. The van der Waals surface area contributed by atoms with Gasteiger partial charge in [0.05, 0.1) is 10.4 Å². The highest BCUT2D eigenvalue weighted by atomic mass is 32.2. The lowest BCUT2D eigenvalue weighted by Crippen LogP contribution is -2.27. The van der Waals surface area contributed by atoms with E-state index >= 15 is 0 Å². The second-order valence-corrected chi connectivity index (χ2v) is 9.70. The van der Waals surface area contributed by atoms with Gasteiger partial charge in [-0.2, -0.15) is 4.31 Å². The minimum absolute atomic E-state index is 0.120. The molecule has 0 atom stereocenters. The number of H-pyrrole nitrogens is 1. The van der Waals surface area contributed by atoms with E-state index in [1.807, 2.05) is 19.9 Å². The van der Waals surface area contributed by atoms with Crippen molar-refractivity contribution in [2.24, 2.45) is 0 Å². The fourth-order valence-electron chi connectivity index (χ4n) is 4.07. The van der Waals surface area contributed by atoms with Crippen LogP contribution in [0.25, 0.3) is 10.9 Å². The van der Waals surface area contributed by atoms with E-state index in [4.69, 9.17) is 0 Å². The van der Waals surface area contributed by atoms with Gasteiger partial charge in [-0.1, -0.05) is 13.0 Å². The number of sulfonamides is 1. The second kappa shape index (κ2) is 8.28. The molecule has 1 amide bonds. The number of carbonyl (C=O) groups excluding carboxylic acids is 1. The van der Waals surface area contributed by atoms with Gasteiger partial charge in [-0.3, -0.25) is 9.59 Å². The Morgan fingerprint density at radius 1 is 1.10 bits per heavy atom. The Balaban J connectivity index is 1.55. The van der Waals surface area contributed by atoms with E-state index in [0.29, 0.717) is 36.3 Å². The summed E-state index contributed by atoms with van der Waals surface area (Å²) in [5.74, 6) is -0.353. The van der Waals surface area contributed by atoms with Gasteiger partial charge in [0.25, 0.3) is 11.5 Å². The summed E-state index contributed by atoms with van der Waals surface area (Å²) in [6, 6.07) is 11.4. The first-order valence-electron chi connectivity index (χ1n) is 10.4. The molecule has 2 aromatic carbocycles. The smallest absolute Gasteiger partial charge is 0.255 e. The summed E-state index contributed by atoms with van der Waals surface area (Å²) in [4.78, 5) is 28.0. The normalized spacial score (nSPS) is 14.8. The average Bonchev–Trinajstić information content (AvgIpc) is 3.30. The van der Waals surface area contributed by atoms with Crippen molar-refractivity contribution in [1.82, 2.24) is 9.29 Å². The molecule has 1 saturated heterocycles. The molecule has 0 aliphatic carbocycles. The molecule has 7 nitrogen and oxygen atoms in total. The molecule has 2 heterocycles. The fourth-order valence-corrected chi connectivity index (χ4v) is 5.58. The van der Waals surface area contributed by atoms with Crippen LogP contribution < -0.4 is 10.9 Å². The van der Waals surface area contributed by atoms with Crippen molar-refractivity contribution < 1.29 is 13.2 Å². The maximum atomic E-state index is 12.7. The number of amides is 1. The molecule has 0 bridgehead atoms. The third-order valence-corrected chi connectivity index (χ3v) is 7.74. The van der Waals surface area contributed by atoms with Crippen LogP contribution in [0.5, 0.6) is 0 Å². The number of nitrogens with one attached hydrogen (secondary N) is 2. The number of pyridine rings is 1. The van der Waals surface area contributed by atoms with Crippen LogP contribution in [0.2, 0.25) is 0 Å². The summed E-state index contributed by atoms with van der Waals surface area (Å²) in [6.45, 7) is 4.94. The monoisotopic (exact) mass is 439 g/mol. The third kappa shape index (κ3) is 4.00. The zero-order valence-electron chi connectivity index (χ0n) is 17.6. The number of benzene rings is 2. The van der Waals surface area contributed by atoms with Crippen molar-refractivity contribution >= 4 is 32.5 Å². The summed E-state index contributed by atoms with van der Waals surface area (Å²) >= 11 is 0. The van der Waals surface area contributed by atoms with Crippen LogP contribution in [-0.2, 0) is 16.4 Å². The molecular formula is C23H25N3O4S. The van der Waals surface area contributed by atoms with Gasteiger partial charge in [-0.15, -0.1) is 0 Å². The van der Waals surface area contributed by atoms with Crippen LogP contribution >= 0.6 is 0 Å². The van der Waals surface area contributed by atoms with Gasteiger partial charge < -0.3 is 10.3 Å². The molecule has 1 aliphatic heterocycles. The molecule has 1 fully saturated rings. The van der Waals surface area contributed by atoms with Crippen LogP contribution in [0.4, 0.5) is 5.69 Å². The minimum atomic E-state index is -3.51. The molecule has 1 aromatic heterocycles. The molecule has 0 spiro atoms. The van der Waals surface area contributed by atoms with E-state index in [1.54, 1.807) is 12.1 Å². The van der Waals surface area contributed by atoms with E-state index in [-0.39, 0.29) is 16.4 Å². The van der Waals surface area contributed by atoms with E-state index in [0.717, 1.165) is 29.4 Å². The molecule has 1 aliphatic rings. The van der Waals surface area contributed by atoms with Gasteiger partial charge in [-0.25, -0.2) is 8.42 Å². The van der Waals surface area contributed by atoms with Crippen molar-refractivity contribution in [3.63, 3.8) is 0 Å². The van der Waals surface area contributed by atoms with Crippen molar-refractivity contribution in [2.75, 3.05) is 18.4 Å². The molecule has 162 valence electrons. The summed E-state index contributed by atoms with van der Waals surface area (Å²) in [5, 5.41) is 3.75. The van der Waals surface area contributed by atoms with Gasteiger partial charge in [0, 0.05) is 35.3 Å². The summed E-state index contributed by atoms with van der Waals surface area (Å²) in [5.41, 5.74) is 3.13. The molecule has 2 N–H and O–H groups in total. The zero-order valence-corrected chi connectivity index (χ0v) is 18.4. The topological polar surface area (TPSA) is 99.3 Å². The van der Waals surface area contributed by atoms with Gasteiger partial charge in [0.2, 0.25) is 10.0 Å². The predicted molar refractivity (Wildman–Crippen MR) is 121 cm³/mol. The summed E-state index contributed by atoms with van der Waals surface area (Å²) in [6.07, 6.45) is 2.39. The number of hydrogen-bond acceptors (Lipinski definition) is 4. The van der Waals surface area contributed by atoms with Gasteiger partial charge in [0.15, 0.2) is 0 Å². The fraction of sp³-hybridized carbons (Fsp3) is 0.304. The Hall–Kier alpha value is -2.97. The SMILES string of the molecule is CCc1c(C)c2ccc(NC(=O)c3ccc(S(=O)(=O)N4CCCC4)cc3)cc2[nH]c1=O. The van der Waals surface area contributed by atoms with Gasteiger partial charge in [-0.05, 0) is 68.1 Å². The highest BCUT2D eigenvalue weighted by Gasteiger charge is 2.27. The number of nitrogens with zero attached hydrogens (tertiary/aromatic N) is 1. The highest BCUT2D eigenvalue weighted by molar-refractivity contribution is 7.89. The van der Waals surface area contributed by atoms with E-state index in [2.05, 4.69) is 10.3 Å². The summed E-state index contributed by atoms with van der Waals surface area (Å²) in [7, 11) is -3.51. The van der Waals surface area contributed by atoms with Crippen LogP contribution in [0.15, 0.2) is 52.2 Å². The third-order valence-electron chi connectivity index (χ3n) is 5.83. The average molecular weight is 440 g/mol. The van der Waals surface area contributed by atoms with E-state index < -0.39 is 10.0 Å². The quantitative estimate of drug-likeness (QED) is 0.636. The number of aryl methyl sites for hydroxylation is 1. The number of anilines is 1. The Kier molecular flexibility index (Phi) is 5.68. The zero-order chi connectivity index (χ0) is 22.2. The molecular weight excluding hydrogens is 414 g/mol. The number of carbonyl (C=O) groups is 1. The molecule has 0 radical (unpaired) electrons. The van der Waals surface area contributed by atoms with Crippen molar-refractivity contribution in [1.29, 1.82) is 0 Å². The van der Waals surface area contributed by atoms with Crippen LogP contribution in [0.1, 0.15) is 41.3 Å². The van der Waals surface area contributed by atoms with E-state index in [1.165, 1.54) is 28.6 Å². The lowest BCUT2D eigenvalue weighted by atomic mass is 10.0. The first kappa shape index (κ1) is 21.3. The van der Waals surface area contributed by atoms with Crippen molar-refractivity contribution in [3.05, 3.63) is 69.5 Å². The summed E-state index contributed by atoms with van der Waals surface area (Å²) < 4.78 is 26.7. The van der Waals surface area contributed by atoms with Gasteiger partial charge >= 0.3 is 0 Å². The Bertz CT molecular complexity index is 1310. The Labute approximate surface area is 181 Å². The predicted octanol–water partition coefficient (Wildman–Crippen LogP) is 3.44. The standard InChI is InChI=1S/C23H25N3O4S/c1-3-19-15(2)20-11-8-17(14-21(20)25-23(19)28)24-22(27)16-6-9-18(10-7-16)31(29,30)26-12-4-5-13-26/h6-11,14H,3-5,12-13H2,1-2H3,(H,24,27)(H,25,28). The molecule has 31 heavy (non-hydrogen) atoms. The molecule has 3 aromatic rings. The first-order chi connectivity index (χ1) is 14.8. The van der Waals surface area contributed by atoms with Crippen LogP contribution in [0.3, 0.4) is 0 Å². The molecule has 0 unspecified atom stereocenters. The van der Waals surface area contributed by atoms with E-state index in [9.17, 15) is 18.0 Å². The number of fused-ring (bicyclic) bond motifs is 1. The maximum Gasteiger partial charge on any atom is 0.255 e. The number of aromatic nitrogens is 1. The molecule has 0 saturated carbocycles. The highest BCUT2D eigenvalue weighted by Crippen LogP contribution is 2.23. The minimum Gasteiger partial charge on any atom is -0.322 e. The Morgan fingerprint density at radius 3 is 2.42 bits per heavy atom. The van der Waals surface area contributed by atoms with Crippen LogP contribution in [-0.4, -0.2) is 36.7 Å². The number of hydrogen-bond donors (Lipinski definition) is 2. The van der Waals surface area contributed by atoms with Crippen molar-refractivity contribution in [3.8, 4) is 0 Å². The Morgan fingerprint density at radius 2 is 1.77 bits per heavy atom.